The Morgan fingerprint density at radius 2 is 1.46 bits per heavy atom. The van der Waals surface area contributed by atoms with Crippen LogP contribution in [-0.4, -0.2) is 30.1 Å². The molecule has 2 aromatic rings. The van der Waals surface area contributed by atoms with Gasteiger partial charge in [0, 0.05) is 23.7 Å². The molecule has 0 atom stereocenters. The molecule has 0 N–H and O–H groups in total. The molecule has 2 aromatic carbocycles. The topological polar surface area (TPSA) is 21.7 Å². The molecule has 0 spiro atoms. The third-order valence-electron chi connectivity index (χ3n) is 3.82. The number of rotatable bonds is 8. The zero-order chi connectivity index (χ0) is 17.5. The van der Waals surface area contributed by atoms with Crippen LogP contribution in [0, 0.1) is 0 Å². The highest BCUT2D eigenvalue weighted by Gasteiger charge is 2.13. The fourth-order valence-electron chi connectivity index (χ4n) is 2.66. The normalized spacial score (nSPS) is 11.3. The van der Waals surface area contributed by atoms with Gasteiger partial charge < -0.3 is 9.47 Å². The van der Waals surface area contributed by atoms with Crippen LogP contribution in [0.15, 0.2) is 48.5 Å². The van der Waals surface area contributed by atoms with Crippen molar-refractivity contribution < 1.29 is 9.47 Å². The van der Waals surface area contributed by atoms with Gasteiger partial charge >= 0.3 is 0 Å². The molecule has 0 unspecified atom stereocenters. The van der Waals surface area contributed by atoms with Crippen LogP contribution in [0.1, 0.15) is 27.7 Å². The summed E-state index contributed by atoms with van der Waals surface area (Å²) >= 11 is 5.91. The molecule has 0 aliphatic carbocycles. The second kappa shape index (κ2) is 8.95. The average Bonchev–Trinajstić information content (AvgIpc) is 2.54. The Bertz CT molecular complexity index is 618. The highest BCUT2D eigenvalue weighted by Crippen LogP contribution is 2.31. The third-order valence-corrected chi connectivity index (χ3v) is 4.08. The van der Waals surface area contributed by atoms with Crippen molar-refractivity contribution in [3.05, 3.63) is 53.6 Å². The molecule has 0 bridgehead atoms. The van der Waals surface area contributed by atoms with E-state index in [2.05, 4.69) is 32.6 Å². The molecule has 0 fully saturated rings. The first kappa shape index (κ1) is 18.6. The van der Waals surface area contributed by atoms with Crippen LogP contribution < -0.4 is 9.47 Å². The number of ether oxygens (including phenoxy) is 2. The summed E-state index contributed by atoms with van der Waals surface area (Å²) in [5, 5.41) is 0.689. The maximum atomic E-state index is 5.97. The van der Waals surface area contributed by atoms with E-state index in [1.807, 2.05) is 48.5 Å². The van der Waals surface area contributed by atoms with Crippen LogP contribution in [0.4, 0.5) is 0 Å². The van der Waals surface area contributed by atoms with Gasteiger partial charge in [-0.25, -0.2) is 0 Å². The first-order valence-electron chi connectivity index (χ1n) is 8.38. The highest BCUT2D eigenvalue weighted by molar-refractivity contribution is 6.30. The SMILES string of the molecule is CC(C)N(CCOc1ccccc1Oc1ccc(Cl)cc1)C(C)C. The molecule has 0 saturated heterocycles. The molecule has 0 aliphatic heterocycles. The summed E-state index contributed by atoms with van der Waals surface area (Å²) in [6.45, 7) is 10.3. The minimum Gasteiger partial charge on any atom is -0.488 e. The van der Waals surface area contributed by atoms with Crippen LogP contribution >= 0.6 is 11.6 Å². The van der Waals surface area contributed by atoms with E-state index < -0.39 is 0 Å². The molecule has 130 valence electrons. The summed E-state index contributed by atoms with van der Waals surface area (Å²) < 4.78 is 11.9. The zero-order valence-corrected chi connectivity index (χ0v) is 15.6. The van der Waals surface area contributed by atoms with Crippen molar-refractivity contribution in [3.63, 3.8) is 0 Å². The van der Waals surface area contributed by atoms with E-state index in [4.69, 9.17) is 21.1 Å². The molecule has 0 saturated carbocycles. The minimum absolute atomic E-state index is 0.495. The van der Waals surface area contributed by atoms with E-state index in [1.165, 1.54) is 0 Å². The predicted molar refractivity (Wildman–Crippen MR) is 100 cm³/mol. The van der Waals surface area contributed by atoms with Crippen molar-refractivity contribution in [3.8, 4) is 17.2 Å². The van der Waals surface area contributed by atoms with Crippen LogP contribution in [-0.2, 0) is 0 Å². The van der Waals surface area contributed by atoms with Gasteiger partial charge in [0.2, 0.25) is 0 Å². The lowest BCUT2D eigenvalue weighted by atomic mass is 10.2. The van der Waals surface area contributed by atoms with E-state index in [0.29, 0.717) is 29.5 Å². The number of benzene rings is 2. The average molecular weight is 348 g/mol. The van der Waals surface area contributed by atoms with Gasteiger partial charge in [-0.1, -0.05) is 23.7 Å². The fraction of sp³-hybridized carbons (Fsp3) is 0.400. The van der Waals surface area contributed by atoms with Crippen molar-refractivity contribution in [1.82, 2.24) is 4.90 Å². The molecule has 0 heterocycles. The molecule has 3 nitrogen and oxygen atoms in total. The molecule has 0 radical (unpaired) electrons. The number of para-hydroxylation sites is 2. The van der Waals surface area contributed by atoms with Crippen LogP contribution in [0.2, 0.25) is 5.02 Å². The van der Waals surface area contributed by atoms with E-state index in [0.717, 1.165) is 18.0 Å². The van der Waals surface area contributed by atoms with Crippen LogP contribution in [0.3, 0.4) is 0 Å². The Labute approximate surface area is 150 Å². The molecule has 24 heavy (non-hydrogen) atoms. The van der Waals surface area contributed by atoms with Gasteiger partial charge in [-0.3, -0.25) is 4.90 Å². The number of hydrogen-bond acceptors (Lipinski definition) is 3. The second-order valence-corrected chi connectivity index (χ2v) is 6.71. The van der Waals surface area contributed by atoms with Gasteiger partial charge in [-0.15, -0.1) is 0 Å². The highest BCUT2D eigenvalue weighted by atomic mass is 35.5. The largest absolute Gasteiger partial charge is 0.488 e. The molecule has 0 aromatic heterocycles. The van der Waals surface area contributed by atoms with E-state index >= 15 is 0 Å². The standard InChI is InChI=1S/C20H26ClNO2/c1-15(2)22(16(3)4)13-14-23-19-7-5-6-8-20(19)24-18-11-9-17(21)10-12-18/h5-12,15-16H,13-14H2,1-4H3. The van der Waals surface area contributed by atoms with Crippen LogP contribution in [0.5, 0.6) is 17.2 Å². The second-order valence-electron chi connectivity index (χ2n) is 6.28. The summed E-state index contributed by atoms with van der Waals surface area (Å²) in [5.41, 5.74) is 0. The lowest BCUT2D eigenvalue weighted by Gasteiger charge is -2.30. The van der Waals surface area contributed by atoms with Gasteiger partial charge in [0.05, 0.1) is 0 Å². The lowest BCUT2D eigenvalue weighted by molar-refractivity contribution is 0.141. The van der Waals surface area contributed by atoms with E-state index in [-0.39, 0.29) is 0 Å². The van der Waals surface area contributed by atoms with Crippen molar-refractivity contribution in [2.24, 2.45) is 0 Å². The Hall–Kier alpha value is -1.71. The summed E-state index contributed by atoms with van der Waals surface area (Å²) in [4.78, 5) is 2.41. The summed E-state index contributed by atoms with van der Waals surface area (Å²) in [6.07, 6.45) is 0. The molecule has 2 rings (SSSR count). The molecular weight excluding hydrogens is 322 g/mol. The molecule has 0 aliphatic rings. The van der Waals surface area contributed by atoms with E-state index in [9.17, 15) is 0 Å². The van der Waals surface area contributed by atoms with Crippen molar-refractivity contribution >= 4 is 11.6 Å². The van der Waals surface area contributed by atoms with Crippen molar-refractivity contribution in [1.29, 1.82) is 0 Å². The van der Waals surface area contributed by atoms with Gasteiger partial charge in [0.15, 0.2) is 11.5 Å². The van der Waals surface area contributed by atoms with Gasteiger partial charge in [0.1, 0.15) is 12.4 Å². The number of hydrogen-bond donors (Lipinski definition) is 0. The Morgan fingerprint density at radius 3 is 2.04 bits per heavy atom. The van der Waals surface area contributed by atoms with Crippen molar-refractivity contribution in [2.45, 2.75) is 39.8 Å². The summed E-state index contributed by atoms with van der Waals surface area (Å²) in [5.74, 6) is 2.20. The molecule has 0 amide bonds. The first-order chi connectivity index (χ1) is 11.5. The first-order valence-corrected chi connectivity index (χ1v) is 8.76. The lowest BCUT2D eigenvalue weighted by Crippen LogP contribution is -2.39. The Kier molecular flexibility index (Phi) is 6.95. The Morgan fingerprint density at radius 1 is 0.875 bits per heavy atom. The quantitative estimate of drug-likeness (QED) is 0.617. The maximum absolute atomic E-state index is 5.97. The molecular formula is C20H26ClNO2. The van der Waals surface area contributed by atoms with Crippen molar-refractivity contribution in [2.75, 3.05) is 13.2 Å². The summed E-state index contributed by atoms with van der Waals surface area (Å²) in [6, 6.07) is 16.0. The monoisotopic (exact) mass is 347 g/mol. The smallest absolute Gasteiger partial charge is 0.169 e. The minimum atomic E-state index is 0.495. The van der Waals surface area contributed by atoms with Gasteiger partial charge in [-0.2, -0.15) is 0 Å². The summed E-state index contributed by atoms with van der Waals surface area (Å²) in [7, 11) is 0. The predicted octanol–water partition coefficient (Wildman–Crippen LogP) is 5.63. The number of halogens is 1. The third kappa shape index (κ3) is 5.43. The Balaban J connectivity index is 1.99. The zero-order valence-electron chi connectivity index (χ0n) is 14.8. The van der Waals surface area contributed by atoms with Gasteiger partial charge in [0.25, 0.3) is 0 Å². The van der Waals surface area contributed by atoms with E-state index in [1.54, 1.807) is 0 Å². The number of nitrogens with zero attached hydrogens (tertiary/aromatic N) is 1. The molecule has 4 heteroatoms. The maximum Gasteiger partial charge on any atom is 0.169 e. The van der Waals surface area contributed by atoms with Crippen LogP contribution in [0.25, 0.3) is 0 Å². The fourth-order valence-corrected chi connectivity index (χ4v) is 2.78. The van der Waals surface area contributed by atoms with Gasteiger partial charge in [-0.05, 0) is 64.1 Å².